The third kappa shape index (κ3) is 5.46. The fraction of sp³-hybridized carbons (Fsp3) is 0.500. The monoisotopic (exact) mass is 282 g/mol. The minimum atomic E-state index is -0.580. The van der Waals surface area contributed by atoms with Crippen molar-refractivity contribution < 1.29 is 19.7 Å². The first-order chi connectivity index (χ1) is 9.21. The molecule has 0 radical (unpaired) electrons. The smallest absolute Gasteiger partial charge is 0.412 e. The van der Waals surface area contributed by atoms with Crippen LogP contribution in [0.15, 0.2) is 18.2 Å². The molecule has 0 spiro atoms. The molecule has 6 heteroatoms. The van der Waals surface area contributed by atoms with E-state index in [1.54, 1.807) is 32.9 Å². The number of aliphatic hydroxyl groups is 1. The zero-order valence-corrected chi connectivity index (χ0v) is 12.0. The molecule has 0 fully saturated rings. The molecule has 1 aromatic carbocycles. The highest BCUT2D eigenvalue weighted by atomic mass is 16.6. The summed E-state index contributed by atoms with van der Waals surface area (Å²) in [6, 6.07) is 4.17. The molecule has 5 N–H and O–H groups in total. The molecule has 0 aliphatic rings. The largest absolute Gasteiger partial charge is 0.508 e. The summed E-state index contributed by atoms with van der Waals surface area (Å²) in [5.41, 5.74) is 6.11. The van der Waals surface area contributed by atoms with Gasteiger partial charge in [-0.25, -0.2) is 4.79 Å². The zero-order valence-electron chi connectivity index (χ0n) is 12.0. The number of aromatic hydroxyl groups is 1. The number of nitrogens with two attached hydrogens (primary N) is 1. The number of benzene rings is 1. The van der Waals surface area contributed by atoms with E-state index in [4.69, 9.17) is 15.6 Å². The first-order valence-electron chi connectivity index (χ1n) is 6.39. The lowest BCUT2D eigenvalue weighted by atomic mass is 10.1. The number of aliphatic hydroxyl groups excluding tert-OH is 1. The highest BCUT2D eigenvalue weighted by Crippen LogP contribution is 2.23. The van der Waals surface area contributed by atoms with E-state index < -0.39 is 17.7 Å². The van der Waals surface area contributed by atoms with Crippen molar-refractivity contribution in [1.29, 1.82) is 0 Å². The number of phenolic OH excluding ortho intramolecular Hbond substituents is 1. The lowest BCUT2D eigenvalue weighted by Crippen LogP contribution is -2.28. The van der Waals surface area contributed by atoms with Gasteiger partial charge in [0.25, 0.3) is 0 Å². The van der Waals surface area contributed by atoms with Crippen molar-refractivity contribution in [2.75, 3.05) is 11.9 Å². The Morgan fingerprint density at radius 3 is 2.65 bits per heavy atom. The summed E-state index contributed by atoms with van der Waals surface area (Å²) >= 11 is 0. The maximum atomic E-state index is 11.6. The van der Waals surface area contributed by atoms with Gasteiger partial charge < -0.3 is 20.7 Å². The molecule has 0 bridgehead atoms. The molecule has 1 unspecified atom stereocenters. The second-order valence-corrected chi connectivity index (χ2v) is 5.62. The van der Waals surface area contributed by atoms with E-state index in [1.807, 2.05) is 0 Å². The van der Waals surface area contributed by atoms with Crippen molar-refractivity contribution in [3.63, 3.8) is 0 Å². The summed E-state index contributed by atoms with van der Waals surface area (Å²) in [5, 5.41) is 21.2. The van der Waals surface area contributed by atoms with Crippen LogP contribution in [0.4, 0.5) is 10.5 Å². The lowest BCUT2D eigenvalue weighted by molar-refractivity contribution is 0.0636. The van der Waals surface area contributed by atoms with Crippen LogP contribution in [0.25, 0.3) is 0 Å². The highest BCUT2D eigenvalue weighted by molar-refractivity contribution is 5.85. The average Bonchev–Trinajstić information content (AvgIpc) is 2.30. The Hall–Kier alpha value is -1.79. The number of nitrogens with one attached hydrogen (secondary N) is 1. The number of carbonyl (C=O) groups excluding carboxylic acids is 1. The quantitative estimate of drug-likeness (QED) is 0.628. The van der Waals surface area contributed by atoms with Crippen LogP contribution < -0.4 is 11.1 Å². The Kier molecular flexibility index (Phi) is 5.35. The second-order valence-electron chi connectivity index (χ2n) is 5.62. The van der Waals surface area contributed by atoms with Gasteiger partial charge in [-0.15, -0.1) is 0 Å². The molecule has 1 aromatic rings. The Labute approximate surface area is 118 Å². The number of hydrogen-bond acceptors (Lipinski definition) is 5. The zero-order chi connectivity index (χ0) is 15.3. The molecule has 1 rings (SSSR count). The Morgan fingerprint density at radius 1 is 1.45 bits per heavy atom. The molecule has 0 saturated heterocycles. The number of amides is 1. The maximum Gasteiger partial charge on any atom is 0.412 e. The minimum absolute atomic E-state index is 0.0728. The summed E-state index contributed by atoms with van der Waals surface area (Å²) in [5.74, 6) is 0.0728. The predicted octanol–water partition coefficient (Wildman–Crippen LogP) is 1.60. The highest BCUT2D eigenvalue weighted by Gasteiger charge is 2.16. The predicted molar refractivity (Wildman–Crippen MR) is 76.7 cm³/mol. The molecular weight excluding hydrogens is 260 g/mol. The van der Waals surface area contributed by atoms with Gasteiger partial charge in [0.15, 0.2) is 0 Å². The summed E-state index contributed by atoms with van der Waals surface area (Å²) in [4.78, 5) is 11.6. The van der Waals surface area contributed by atoms with Crippen LogP contribution in [-0.4, -0.2) is 34.6 Å². The van der Waals surface area contributed by atoms with E-state index >= 15 is 0 Å². The summed E-state index contributed by atoms with van der Waals surface area (Å²) in [7, 11) is 0. The van der Waals surface area contributed by atoms with Crippen molar-refractivity contribution in [1.82, 2.24) is 0 Å². The van der Waals surface area contributed by atoms with Crippen LogP contribution in [0, 0.1) is 0 Å². The van der Waals surface area contributed by atoms with Crippen molar-refractivity contribution in [3.05, 3.63) is 23.8 Å². The Morgan fingerprint density at radius 2 is 2.10 bits per heavy atom. The number of hydrogen-bond donors (Lipinski definition) is 4. The van der Waals surface area contributed by atoms with Gasteiger partial charge in [-0.1, -0.05) is 0 Å². The molecule has 0 heterocycles. The molecule has 1 atom stereocenters. The van der Waals surface area contributed by atoms with E-state index in [0.29, 0.717) is 17.7 Å². The van der Waals surface area contributed by atoms with Gasteiger partial charge in [0.2, 0.25) is 0 Å². The standard InChI is InChI=1S/C14H22N2O4/c1-14(2,3)20-13(19)16-11-4-5-12(18)9(7-11)6-10(15)8-17/h4-5,7,10,17-18H,6,8,15H2,1-3H3,(H,16,19). The molecular formula is C14H22N2O4. The first kappa shape index (κ1) is 16.3. The lowest BCUT2D eigenvalue weighted by Gasteiger charge is -2.20. The van der Waals surface area contributed by atoms with Crippen molar-refractivity contribution in [3.8, 4) is 5.75 Å². The number of anilines is 1. The minimum Gasteiger partial charge on any atom is -0.508 e. The molecule has 0 aliphatic carbocycles. The van der Waals surface area contributed by atoms with Crippen LogP contribution in [0.1, 0.15) is 26.3 Å². The summed E-state index contributed by atoms with van der Waals surface area (Å²) in [6.45, 7) is 5.14. The Bertz CT molecular complexity index is 469. The average molecular weight is 282 g/mol. The number of rotatable bonds is 4. The van der Waals surface area contributed by atoms with Gasteiger partial charge >= 0.3 is 6.09 Å². The fourth-order valence-electron chi connectivity index (χ4n) is 1.60. The van der Waals surface area contributed by atoms with Gasteiger partial charge in [-0.2, -0.15) is 0 Å². The van der Waals surface area contributed by atoms with Crippen LogP contribution in [0.3, 0.4) is 0 Å². The molecule has 0 saturated carbocycles. The number of carbonyl (C=O) groups is 1. The molecule has 0 aromatic heterocycles. The van der Waals surface area contributed by atoms with Crippen molar-refractivity contribution >= 4 is 11.8 Å². The molecule has 1 amide bonds. The first-order valence-corrected chi connectivity index (χ1v) is 6.39. The number of ether oxygens (including phenoxy) is 1. The molecule has 6 nitrogen and oxygen atoms in total. The van der Waals surface area contributed by atoms with Gasteiger partial charge in [0, 0.05) is 11.7 Å². The van der Waals surface area contributed by atoms with Crippen LogP contribution >= 0.6 is 0 Å². The second kappa shape index (κ2) is 6.58. The third-order valence-electron chi connectivity index (χ3n) is 2.44. The van der Waals surface area contributed by atoms with Gasteiger partial charge in [-0.3, -0.25) is 5.32 Å². The van der Waals surface area contributed by atoms with Gasteiger partial charge in [-0.05, 0) is 51.0 Å². The maximum absolute atomic E-state index is 11.6. The van der Waals surface area contributed by atoms with Crippen molar-refractivity contribution in [2.24, 2.45) is 5.73 Å². The molecule has 20 heavy (non-hydrogen) atoms. The van der Waals surface area contributed by atoms with E-state index in [0.717, 1.165) is 0 Å². The van der Waals surface area contributed by atoms with E-state index in [9.17, 15) is 9.90 Å². The van der Waals surface area contributed by atoms with E-state index in [2.05, 4.69) is 5.32 Å². The summed E-state index contributed by atoms with van der Waals surface area (Å²) < 4.78 is 5.14. The van der Waals surface area contributed by atoms with Crippen LogP contribution in [0.5, 0.6) is 5.75 Å². The topological polar surface area (TPSA) is 105 Å². The summed E-state index contributed by atoms with van der Waals surface area (Å²) in [6.07, 6.45) is -0.257. The third-order valence-corrected chi connectivity index (χ3v) is 2.44. The normalized spacial score (nSPS) is 12.8. The molecule has 112 valence electrons. The SMILES string of the molecule is CC(C)(C)OC(=O)Nc1ccc(O)c(CC(N)CO)c1. The molecule has 0 aliphatic heterocycles. The Balaban J connectivity index is 2.77. The van der Waals surface area contributed by atoms with E-state index in [1.165, 1.54) is 6.07 Å². The van der Waals surface area contributed by atoms with Gasteiger partial charge in [0.1, 0.15) is 11.4 Å². The van der Waals surface area contributed by atoms with Crippen molar-refractivity contribution in [2.45, 2.75) is 38.8 Å². The van der Waals surface area contributed by atoms with Crippen LogP contribution in [0.2, 0.25) is 0 Å². The number of phenols is 1. The van der Waals surface area contributed by atoms with Gasteiger partial charge in [0.05, 0.1) is 6.61 Å². The van der Waals surface area contributed by atoms with E-state index in [-0.39, 0.29) is 12.4 Å². The fourth-order valence-corrected chi connectivity index (χ4v) is 1.60. The van der Waals surface area contributed by atoms with Crippen LogP contribution in [-0.2, 0) is 11.2 Å².